The molecule has 2 aliphatic rings. The number of carbonyl (C=O) groups is 4. The Labute approximate surface area is 211 Å². The van der Waals surface area contributed by atoms with E-state index in [0.29, 0.717) is 12.3 Å². The van der Waals surface area contributed by atoms with Crippen molar-refractivity contribution >= 4 is 29.2 Å². The summed E-state index contributed by atoms with van der Waals surface area (Å²) in [4.78, 5) is 55.7. The highest BCUT2D eigenvalue weighted by Crippen LogP contribution is 2.25. The molecule has 0 aliphatic carbocycles. The normalized spacial score (nSPS) is 17.2. The number of carbonyl (C=O) groups excluding carboxylic acids is 4. The minimum absolute atomic E-state index is 0.0328. The van der Waals surface area contributed by atoms with E-state index in [1.54, 1.807) is 23.1 Å². The second kappa shape index (κ2) is 8.95. The lowest BCUT2D eigenvalue weighted by Gasteiger charge is -2.47. The third-order valence-electron chi connectivity index (χ3n) is 6.29. The Morgan fingerprint density at radius 2 is 1.97 bits per heavy atom. The van der Waals surface area contributed by atoms with Gasteiger partial charge in [0, 0.05) is 30.1 Å². The van der Waals surface area contributed by atoms with Crippen LogP contribution in [-0.4, -0.2) is 67.7 Å². The van der Waals surface area contributed by atoms with Crippen LogP contribution in [0.1, 0.15) is 52.9 Å². The average molecular weight is 509 g/mol. The number of Topliss-reactive ketones (excluding diaryl/α,β-unsaturated/α-hetero) is 1. The van der Waals surface area contributed by atoms with Gasteiger partial charge in [-0.1, -0.05) is 6.07 Å². The number of fused-ring (bicyclic) bond motifs is 2. The van der Waals surface area contributed by atoms with Crippen LogP contribution in [0.3, 0.4) is 0 Å². The van der Waals surface area contributed by atoms with Gasteiger partial charge >= 0.3 is 0 Å². The maximum Gasteiger partial charge on any atom is 0.270 e. The van der Waals surface area contributed by atoms with Crippen molar-refractivity contribution in [1.82, 2.24) is 30.1 Å². The number of hydrogen-bond donors (Lipinski definition) is 2. The van der Waals surface area contributed by atoms with Crippen LogP contribution in [0.4, 0.5) is 4.39 Å². The maximum atomic E-state index is 14.4. The van der Waals surface area contributed by atoms with Gasteiger partial charge in [0.25, 0.3) is 11.8 Å². The van der Waals surface area contributed by atoms with Crippen molar-refractivity contribution in [2.24, 2.45) is 0 Å². The van der Waals surface area contributed by atoms with Crippen LogP contribution in [0.25, 0.3) is 5.65 Å². The van der Waals surface area contributed by atoms with Crippen LogP contribution in [0.5, 0.6) is 5.75 Å². The number of nitrogens with one attached hydrogen (secondary N) is 2. The van der Waals surface area contributed by atoms with Crippen molar-refractivity contribution in [2.75, 3.05) is 13.2 Å². The third kappa shape index (κ3) is 4.61. The summed E-state index contributed by atoms with van der Waals surface area (Å²) in [7, 11) is 0. The Balaban J connectivity index is 1.33. The van der Waals surface area contributed by atoms with E-state index < -0.39 is 23.7 Å². The average Bonchev–Trinajstić information content (AvgIpc) is 3.23. The van der Waals surface area contributed by atoms with Crippen molar-refractivity contribution in [2.45, 2.75) is 45.3 Å². The molecule has 0 bridgehead atoms. The van der Waals surface area contributed by atoms with E-state index in [9.17, 15) is 23.6 Å². The number of hydrogen-bond acceptors (Lipinski definition) is 7. The molecule has 12 heteroatoms. The van der Waals surface area contributed by atoms with E-state index in [1.165, 1.54) is 6.07 Å². The zero-order chi connectivity index (χ0) is 26.5. The molecule has 2 aromatic heterocycles. The third-order valence-corrected chi connectivity index (χ3v) is 6.29. The first-order valence-corrected chi connectivity index (χ1v) is 11.7. The van der Waals surface area contributed by atoms with Crippen LogP contribution in [0.2, 0.25) is 0 Å². The smallest absolute Gasteiger partial charge is 0.270 e. The summed E-state index contributed by atoms with van der Waals surface area (Å²) in [5, 5.41) is 9.18. The topological polar surface area (TPSA) is 135 Å². The maximum absolute atomic E-state index is 14.4. The minimum atomic E-state index is -0.804. The number of rotatable bonds is 5. The number of halogens is 1. The molecule has 2 aliphatic heterocycles. The fourth-order valence-electron chi connectivity index (χ4n) is 4.30. The van der Waals surface area contributed by atoms with Crippen LogP contribution in [0.15, 0.2) is 30.5 Å². The standard InChI is InChI=1S/C25H25FN6O5/c1-25(2,3)31-11-18(24(31)36)30-23(35)19-8-17(29-21-16(26)10-28-32(19)21)22(34)27-9-13-4-5-20-14(6-13)7-15(33)12-37-20/h4-6,8,10,18H,7,9,11-12H2,1-3H3,(H,27,34)(H,30,35)/t18-/m0/s1. The number of amides is 3. The summed E-state index contributed by atoms with van der Waals surface area (Å²) in [5.74, 6) is -1.76. The second-order valence-electron chi connectivity index (χ2n) is 10.0. The molecule has 2 N–H and O–H groups in total. The van der Waals surface area contributed by atoms with E-state index in [4.69, 9.17) is 4.74 Å². The second-order valence-corrected chi connectivity index (χ2v) is 10.0. The van der Waals surface area contributed by atoms with Crippen LogP contribution >= 0.6 is 0 Å². The molecule has 3 amide bonds. The van der Waals surface area contributed by atoms with Gasteiger partial charge in [-0.3, -0.25) is 19.2 Å². The van der Waals surface area contributed by atoms with E-state index >= 15 is 0 Å². The SMILES string of the molecule is CC(C)(C)N1C[C@H](NC(=O)c2cc(C(=O)NCc3ccc4c(c3)CC(=O)CO4)nc3c(F)cnn23)C1=O. The van der Waals surface area contributed by atoms with Gasteiger partial charge in [0.1, 0.15) is 29.8 Å². The molecule has 1 aromatic carbocycles. The zero-order valence-electron chi connectivity index (χ0n) is 20.5. The highest BCUT2D eigenvalue weighted by atomic mass is 19.1. The highest BCUT2D eigenvalue weighted by molar-refractivity contribution is 6.01. The Bertz CT molecular complexity index is 1460. The molecule has 0 saturated carbocycles. The fourth-order valence-corrected chi connectivity index (χ4v) is 4.30. The first kappa shape index (κ1) is 24.3. The van der Waals surface area contributed by atoms with Gasteiger partial charge in [-0.05, 0) is 38.5 Å². The number of likely N-dealkylation sites (tertiary alicyclic amines) is 1. The van der Waals surface area contributed by atoms with E-state index in [1.807, 2.05) is 20.8 Å². The van der Waals surface area contributed by atoms with Gasteiger partial charge in [0.05, 0.1) is 12.7 Å². The van der Waals surface area contributed by atoms with E-state index in [0.717, 1.165) is 21.8 Å². The van der Waals surface area contributed by atoms with Gasteiger partial charge in [-0.2, -0.15) is 5.10 Å². The molecule has 192 valence electrons. The minimum Gasteiger partial charge on any atom is -0.486 e. The number of β-lactam (4-membered cyclic amide) rings is 1. The molecular weight excluding hydrogens is 483 g/mol. The number of benzene rings is 1. The zero-order valence-corrected chi connectivity index (χ0v) is 20.5. The number of ether oxygens (including phenoxy) is 1. The molecule has 11 nitrogen and oxygen atoms in total. The molecule has 5 rings (SSSR count). The molecule has 0 radical (unpaired) electrons. The molecule has 0 spiro atoms. The first-order valence-electron chi connectivity index (χ1n) is 11.7. The van der Waals surface area contributed by atoms with Crippen molar-refractivity contribution in [3.63, 3.8) is 0 Å². The molecule has 37 heavy (non-hydrogen) atoms. The van der Waals surface area contributed by atoms with Crippen LogP contribution in [-0.2, 0) is 22.6 Å². The number of nitrogens with zero attached hydrogens (tertiary/aromatic N) is 4. The van der Waals surface area contributed by atoms with Crippen LogP contribution in [0, 0.1) is 5.82 Å². The summed E-state index contributed by atoms with van der Waals surface area (Å²) in [5.41, 5.74) is 0.471. The van der Waals surface area contributed by atoms with Crippen molar-refractivity contribution < 1.29 is 28.3 Å². The van der Waals surface area contributed by atoms with Crippen LogP contribution < -0.4 is 15.4 Å². The largest absolute Gasteiger partial charge is 0.486 e. The molecule has 1 fully saturated rings. The molecular formula is C25H25FN6O5. The predicted molar refractivity (Wildman–Crippen MR) is 127 cm³/mol. The first-order chi connectivity index (χ1) is 17.5. The summed E-state index contributed by atoms with van der Waals surface area (Å²) in [6.45, 7) is 6.16. The van der Waals surface area contributed by atoms with E-state index in [2.05, 4.69) is 20.7 Å². The van der Waals surface area contributed by atoms with Gasteiger partial charge in [0.15, 0.2) is 17.2 Å². The van der Waals surface area contributed by atoms with Gasteiger partial charge in [-0.25, -0.2) is 13.9 Å². The Morgan fingerprint density at radius 1 is 1.19 bits per heavy atom. The van der Waals surface area contributed by atoms with Gasteiger partial charge in [0.2, 0.25) is 5.91 Å². The lowest BCUT2D eigenvalue weighted by atomic mass is 9.96. The van der Waals surface area contributed by atoms with E-state index in [-0.39, 0.29) is 53.8 Å². The summed E-state index contributed by atoms with van der Waals surface area (Å²) < 4.78 is 20.7. The summed E-state index contributed by atoms with van der Waals surface area (Å²) in [6.07, 6.45) is 1.15. The molecule has 0 unspecified atom stereocenters. The molecule has 3 aromatic rings. The molecule has 1 saturated heterocycles. The lowest BCUT2D eigenvalue weighted by Crippen LogP contribution is -2.68. The Morgan fingerprint density at radius 3 is 2.70 bits per heavy atom. The summed E-state index contributed by atoms with van der Waals surface area (Å²) >= 11 is 0. The highest BCUT2D eigenvalue weighted by Gasteiger charge is 2.43. The van der Waals surface area contributed by atoms with Crippen molar-refractivity contribution in [3.05, 3.63) is 58.8 Å². The molecule has 1 atom stereocenters. The number of ketones is 1. The summed E-state index contributed by atoms with van der Waals surface area (Å²) in [6, 6.07) is 5.74. The van der Waals surface area contributed by atoms with Gasteiger partial charge in [-0.15, -0.1) is 0 Å². The Kier molecular flexibility index (Phi) is 5.89. The van der Waals surface area contributed by atoms with Crippen molar-refractivity contribution in [1.29, 1.82) is 0 Å². The quantitative estimate of drug-likeness (QED) is 0.492. The molecule has 4 heterocycles. The Hall–Kier alpha value is -4.35. The lowest BCUT2D eigenvalue weighted by molar-refractivity contribution is -0.150. The van der Waals surface area contributed by atoms with Gasteiger partial charge < -0.3 is 20.3 Å². The van der Waals surface area contributed by atoms with Crippen molar-refractivity contribution in [3.8, 4) is 5.75 Å². The monoisotopic (exact) mass is 508 g/mol. The fraction of sp³-hybridized carbons (Fsp3) is 0.360. The number of aromatic nitrogens is 3. The predicted octanol–water partition coefficient (Wildman–Crippen LogP) is 1.04.